The average molecular weight is 388 g/mol. The van der Waals surface area contributed by atoms with Crippen molar-refractivity contribution in [3.05, 3.63) is 42.0 Å². The lowest BCUT2D eigenvalue weighted by molar-refractivity contribution is -0.114. The van der Waals surface area contributed by atoms with Gasteiger partial charge in [0.2, 0.25) is 5.17 Å². The molecule has 7 nitrogen and oxygen atoms in total. The molecule has 3 rings (SSSR count). The smallest absolute Gasteiger partial charge is 0.283 e. The minimum absolute atomic E-state index is 0.0593. The Bertz CT molecular complexity index is 877. The second-order valence-corrected chi connectivity index (χ2v) is 6.62. The topological polar surface area (TPSA) is 87.3 Å². The summed E-state index contributed by atoms with van der Waals surface area (Å²) in [6.45, 7) is 3.98. The number of benzene rings is 1. The molecule has 0 fully saturated rings. The summed E-state index contributed by atoms with van der Waals surface area (Å²) in [6, 6.07) is 5.28. The van der Waals surface area contributed by atoms with Crippen LogP contribution in [-0.4, -0.2) is 47.0 Å². The van der Waals surface area contributed by atoms with Crippen LogP contribution in [0.25, 0.3) is 6.08 Å². The monoisotopic (exact) mass is 388 g/mol. The van der Waals surface area contributed by atoms with Gasteiger partial charge >= 0.3 is 0 Å². The highest BCUT2D eigenvalue weighted by Gasteiger charge is 2.36. The van der Waals surface area contributed by atoms with E-state index in [-0.39, 0.29) is 11.4 Å². The standard InChI is InChI=1S/C17H16N4O3S2/c1-4-7-24-12-6-5-10(9-13(12)23-2)8-11-14(18)21-16(19-15(11)22)26-20-17(21)25-3/h4-6,8-9,18H,1,7H2,2-3H3/b11-8-,18-14?. The molecule has 1 aromatic rings. The molecule has 0 aliphatic carbocycles. The van der Waals surface area contributed by atoms with E-state index < -0.39 is 5.91 Å². The van der Waals surface area contributed by atoms with Crippen LogP contribution < -0.4 is 9.47 Å². The molecule has 0 aromatic heterocycles. The van der Waals surface area contributed by atoms with E-state index in [0.29, 0.717) is 34.0 Å². The highest BCUT2D eigenvalue weighted by Crippen LogP contribution is 2.32. The van der Waals surface area contributed by atoms with Crippen LogP contribution in [0.3, 0.4) is 0 Å². The number of hydrogen-bond acceptors (Lipinski definition) is 7. The van der Waals surface area contributed by atoms with Crippen molar-refractivity contribution in [1.82, 2.24) is 4.90 Å². The first-order valence-electron chi connectivity index (χ1n) is 7.53. The number of amidine groups is 3. The molecule has 2 aliphatic heterocycles. The molecule has 26 heavy (non-hydrogen) atoms. The molecular weight excluding hydrogens is 372 g/mol. The van der Waals surface area contributed by atoms with Crippen molar-refractivity contribution >= 4 is 51.9 Å². The third-order valence-electron chi connectivity index (χ3n) is 3.53. The molecule has 0 radical (unpaired) electrons. The van der Waals surface area contributed by atoms with Gasteiger partial charge in [-0.25, -0.2) is 4.90 Å². The zero-order valence-electron chi connectivity index (χ0n) is 14.2. The van der Waals surface area contributed by atoms with Crippen molar-refractivity contribution in [2.45, 2.75) is 0 Å². The summed E-state index contributed by atoms with van der Waals surface area (Å²) < 4.78 is 15.1. The van der Waals surface area contributed by atoms with Gasteiger partial charge in [-0.3, -0.25) is 10.2 Å². The number of methoxy groups -OCH3 is 1. The number of fused-ring (bicyclic) bond motifs is 1. The van der Waals surface area contributed by atoms with Gasteiger partial charge in [0.1, 0.15) is 12.4 Å². The summed E-state index contributed by atoms with van der Waals surface area (Å²) in [6.07, 6.45) is 5.12. The van der Waals surface area contributed by atoms with Crippen molar-refractivity contribution in [1.29, 1.82) is 5.41 Å². The number of nitrogens with one attached hydrogen (secondary N) is 1. The van der Waals surface area contributed by atoms with Gasteiger partial charge in [0.05, 0.1) is 24.6 Å². The molecule has 1 amide bonds. The predicted molar refractivity (Wildman–Crippen MR) is 107 cm³/mol. The predicted octanol–water partition coefficient (Wildman–Crippen LogP) is 3.20. The Labute approximate surface area is 159 Å². The second kappa shape index (κ2) is 7.79. The Morgan fingerprint density at radius 1 is 1.42 bits per heavy atom. The van der Waals surface area contributed by atoms with Gasteiger partial charge in [-0.2, -0.15) is 9.39 Å². The summed E-state index contributed by atoms with van der Waals surface area (Å²) in [5, 5.41) is 9.44. The van der Waals surface area contributed by atoms with E-state index in [0.717, 1.165) is 11.9 Å². The first kappa shape index (κ1) is 18.3. The number of aliphatic imine (C=N–C) groups is 1. The van der Waals surface area contributed by atoms with Crippen molar-refractivity contribution in [2.24, 2.45) is 9.39 Å². The number of carbonyl (C=O) groups is 1. The molecule has 0 saturated heterocycles. The van der Waals surface area contributed by atoms with E-state index >= 15 is 0 Å². The summed E-state index contributed by atoms with van der Waals surface area (Å²) in [5.74, 6) is 0.706. The number of amides is 1. The molecule has 2 aliphatic rings. The van der Waals surface area contributed by atoms with E-state index in [1.807, 2.05) is 6.26 Å². The lowest BCUT2D eigenvalue weighted by Crippen LogP contribution is -2.41. The van der Waals surface area contributed by atoms with Gasteiger partial charge in [0.25, 0.3) is 5.91 Å². The number of hydrogen-bond donors (Lipinski definition) is 1. The first-order chi connectivity index (χ1) is 12.6. The van der Waals surface area contributed by atoms with Crippen LogP contribution in [0.1, 0.15) is 5.56 Å². The van der Waals surface area contributed by atoms with Crippen LogP contribution in [0.4, 0.5) is 0 Å². The van der Waals surface area contributed by atoms with Crippen LogP contribution in [-0.2, 0) is 4.79 Å². The Morgan fingerprint density at radius 2 is 2.23 bits per heavy atom. The third-order valence-corrected chi connectivity index (χ3v) is 4.99. The zero-order valence-corrected chi connectivity index (χ0v) is 15.8. The minimum atomic E-state index is -0.461. The summed E-state index contributed by atoms with van der Waals surface area (Å²) in [7, 11) is 1.54. The molecule has 2 heterocycles. The molecule has 0 unspecified atom stereocenters. The maximum absolute atomic E-state index is 12.3. The van der Waals surface area contributed by atoms with Crippen molar-refractivity contribution in [3.8, 4) is 11.5 Å². The zero-order chi connectivity index (χ0) is 18.7. The number of rotatable bonds is 5. The van der Waals surface area contributed by atoms with Crippen molar-refractivity contribution in [3.63, 3.8) is 0 Å². The highest BCUT2D eigenvalue weighted by atomic mass is 32.2. The molecule has 0 atom stereocenters. The second-order valence-electron chi connectivity index (χ2n) is 5.12. The Kier molecular flexibility index (Phi) is 5.48. The van der Waals surface area contributed by atoms with Gasteiger partial charge in [0, 0.05) is 0 Å². The fraction of sp³-hybridized carbons (Fsp3) is 0.176. The third kappa shape index (κ3) is 3.40. The molecule has 0 spiro atoms. The van der Waals surface area contributed by atoms with E-state index in [2.05, 4.69) is 16.0 Å². The maximum atomic E-state index is 12.3. The van der Waals surface area contributed by atoms with Crippen LogP contribution in [0.5, 0.6) is 11.5 Å². The summed E-state index contributed by atoms with van der Waals surface area (Å²) in [5.41, 5.74) is 0.897. The molecular formula is C17H16N4O3S2. The van der Waals surface area contributed by atoms with Gasteiger partial charge in [-0.1, -0.05) is 30.5 Å². The average Bonchev–Trinajstić information content (AvgIpc) is 3.06. The largest absolute Gasteiger partial charge is 0.493 e. The van der Waals surface area contributed by atoms with E-state index in [9.17, 15) is 4.79 Å². The molecule has 1 N–H and O–H groups in total. The van der Waals surface area contributed by atoms with Crippen LogP contribution in [0.15, 0.2) is 45.8 Å². The molecule has 0 saturated carbocycles. The number of ether oxygens (including phenoxy) is 2. The molecule has 0 bridgehead atoms. The first-order valence-corrected chi connectivity index (χ1v) is 9.53. The van der Waals surface area contributed by atoms with E-state index in [1.54, 1.807) is 42.4 Å². The van der Waals surface area contributed by atoms with Crippen molar-refractivity contribution < 1.29 is 14.3 Å². The van der Waals surface area contributed by atoms with Crippen molar-refractivity contribution in [2.75, 3.05) is 20.0 Å². The minimum Gasteiger partial charge on any atom is -0.493 e. The Hall–Kier alpha value is -2.52. The summed E-state index contributed by atoms with van der Waals surface area (Å²) >= 11 is 2.50. The fourth-order valence-electron chi connectivity index (χ4n) is 2.34. The van der Waals surface area contributed by atoms with Gasteiger partial charge < -0.3 is 9.47 Å². The van der Waals surface area contributed by atoms with E-state index in [1.165, 1.54) is 11.8 Å². The normalized spacial score (nSPS) is 17.8. The number of carbonyl (C=O) groups excluding carboxylic acids is 1. The van der Waals surface area contributed by atoms with Gasteiger partial charge in [-0.05, 0) is 30.0 Å². The van der Waals surface area contributed by atoms with Gasteiger partial charge in [-0.15, -0.1) is 0 Å². The number of thioether (sulfide) groups is 1. The van der Waals surface area contributed by atoms with Crippen LogP contribution in [0, 0.1) is 5.41 Å². The Balaban J connectivity index is 1.94. The van der Waals surface area contributed by atoms with E-state index in [4.69, 9.17) is 14.9 Å². The van der Waals surface area contributed by atoms with Gasteiger partial charge in [0.15, 0.2) is 16.7 Å². The highest BCUT2D eigenvalue weighted by molar-refractivity contribution is 8.18. The fourth-order valence-corrected chi connectivity index (χ4v) is 3.79. The Morgan fingerprint density at radius 3 is 2.92 bits per heavy atom. The summed E-state index contributed by atoms with van der Waals surface area (Å²) in [4.78, 5) is 18.0. The molecule has 1 aromatic carbocycles. The lowest BCUT2D eigenvalue weighted by Gasteiger charge is -2.23. The van der Waals surface area contributed by atoms with Crippen LogP contribution >= 0.6 is 23.7 Å². The number of nitrogens with zero attached hydrogens (tertiary/aromatic N) is 3. The quantitative estimate of drug-likeness (QED) is 0.473. The SMILES string of the molecule is C=CCOc1ccc(/C=C2/C(=N)N3C(SC)=NSC3=NC2=O)cc1OC. The van der Waals surface area contributed by atoms with Crippen LogP contribution in [0.2, 0.25) is 0 Å². The molecule has 9 heteroatoms. The maximum Gasteiger partial charge on any atom is 0.283 e. The lowest BCUT2D eigenvalue weighted by atomic mass is 10.1. The molecule has 134 valence electrons.